The van der Waals surface area contributed by atoms with Crippen molar-refractivity contribution >= 4 is 5.97 Å². The predicted octanol–water partition coefficient (Wildman–Crippen LogP) is 2.54. The Bertz CT molecular complexity index is 589. The van der Waals surface area contributed by atoms with E-state index in [0.717, 1.165) is 23.3 Å². The fourth-order valence-corrected chi connectivity index (χ4v) is 1.89. The first-order valence-electron chi connectivity index (χ1n) is 5.98. The maximum absolute atomic E-state index is 10.6. The van der Waals surface area contributed by atoms with E-state index in [1.165, 1.54) is 0 Å². The number of aromatic nitrogens is 1. The van der Waals surface area contributed by atoms with Gasteiger partial charge in [0.15, 0.2) is 5.76 Å². The molecule has 0 aliphatic carbocycles. The molecule has 0 fully saturated rings. The van der Waals surface area contributed by atoms with E-state index in [1.54, 1.807) is 13.2 Å². The van der Waals surface area contributed by atoms with E-state index >= 15 is 0 Å². The molecule has 0 bridgehead atoms. The van der Waals surface area contributed by atoms with E-state index in [2.05, 4.69) is 5.16 Å². The molecule has 2 rings (SSSR count). The van der Waals surface area contributed by atoms with Crippen molar-refractivity contribution in [3.05, 3.63) is 35.5 Å². The van der Waals surface area contributed by atoms with Crippen LogP contribution in [0.2, 0.25) is 0 Å². The van der Waals surface area contributed by atoms with Gasteiger partial charge in [-0.1, -0.05) is 12.1 Å². The van der Waals surface area contributed by atoms with Gasteiger partial charge in [0.1, 0.15) is 5.75 Å². The second-order valence-corrected chi connectivity index (χ2v) is 4.13. The number of rotatable bonds is 5. The Hall–Kier alpha value is -2.30. The minimum atomic E-state index is -0.927. The van der Waals surface area contributed by atoms with Crippen LogP contribution in [0.5, 0.6) is 5.75 Å². The van der Waals surface area contributed by atoms with Crippen molar-refractivity contribution in [3.8, 4) is 17.1 Å². The van der Waals surface area contributed by atoms with Crippen molar-refractivity contribution < 1.29 is 19.2 Å². The van der Waals surface area contributed by atoms with E-state index in [-0.39, 0.29) is 6.42 Å². The fraction of sp³-hybridized carbons (Fsp3) is 0.286. The lowest BCUT2D eigenvalue weighted by Crippen LogP contribution is -1.99. The lowest BCUT2D eigenvalue weighted by Gasteiger charge is -2.07. The normalized spacial score (nSPS) is 10.4. The SMILES string of the molecule is CCc1cc(-c2cc(CC(=O)O)no2)ccc1OC. The van der Waals surface area contributed by atoms with Gasteiger partial charge in [-0.05, 0) is 30.2 Å². The summed E-state index contributed by atoms with van der Waals surface area (Å²) in [5.74, 6) is 0.467. The van der Waals surface area contributed by atoms with E-state index < -0.39 is 5.97 Å². The number of ether oxygens (including phenoxy) is 1. The lowest BCUT2D eigenvalue weighted by atomic mass is 10.1. The van der Waals surface area contributed by atoms with Crippen LogP contribution in [0.25, 0.3) is 11.3 Å². The largest absolute Gasteiger partial charge is 0.496 e. The molecule has 0 aliphatic heterocycles. The molecule has 0 amide bonds. The number of hydrogen-bond donors (Lipinski definition) is 1. The van der Waals surface area contributed by atoms with Gasteiger partial charge >= 0.3 is 5.97 Å². The molecule has 0 saturated heterocycles. The molecule has 0 spiro atoms. The quantitative estimate of drug-likeness (QED) is 0.895. The van der Waals surface area contributed by atoms with E-state index in [4.69, 9.17) is 14.4 Å². The van der Waals surface area contributed by atoms with Crippen LogP contribution in [0, 0.1) is 0 Å². The third kappa shape index (κ3) is 2.93. The van der Waals surface area contributed by atoms with E-state index in [1.807, 2.05) is 25.1 Å². The van der Waals surface area contributed by atoms with Crippen molar-refractivity contribution in [3.63, 3.8) is 0 Å². The number of methoxy groups -OCH3 is 1. The summed E-state index contributed by atoms with van der Waals surface area (Å²) in [7, 11) is 1.63. The summed E-state index contributed by atoms with van der Waals surface area (Å²) in [6, 6.07) is 7.34. The van der Waals surface area contributed by atoms with Crippen LogP contribution in [0.3, 0.4) is 0 Å². The Balaban J connectivity index is 2.31. The topological polar surface area (TPSA) is 72.6 Å². The summed E-state index contributed by atoms with van der Waals surface area (Å²) >= 11 is 0. The number of aliphatic carboxylic acids is 1. The maximum atomic E-state index is 10.6. The van der Waals surface area contributed by atoms with Gasteiger partial charge in [0.05, 0.1) is 19.2 Å². The summed E-state index contributed by atoms with van der Waals surface area (Å²) < 4.78 is 10.4. The summed E-state index contributed by atoms with van der Waals surface area (Å²) in [6.07, 6.45) is 0.702. The average Bonchev–Trinajstić information content (AvgIpc) is 2.85. The number of carboxylic acid groups (broad SMARTS) is 1. The predicted molar refractivity (Wildman–Crippen MR) is 69.2 cm³/mol. The number of benzene rings is 1. The van der Waals surface area contributed by atoms with Crippen molar-refractivity contribution in [2.45, 2.75) is 19.8 Å². The van der Waals surface area contributed by atoms with Crippen LogP contribution in [-0.4, -0.2) is 23.3 Å². The maximum Gasteiger partial charge on any atom is 0.309 e. The van der Waals surface area contributed by atoms with E-state index in [9.17, 15) is 4.79 Å². The molecule has 1 heterocycles. The van der Waals surface area contributed by atoms with Gasteiger partial charge in [-0.15, -0.1) is 0 Å². The summed E-state index contributed by atoms with van der Waals surface area (Å²) in [6.45, 7) is 2.04. The van der Waals surface area contributed by atoms with Crippen LogP contribution in [0.15, 0.2) is 28.8 Å². The number of carboxylic acids is 1. The first kappa shape index (κ1) is 13.1. The molecule has 1 aromatic heterocycles. The standard InChI is InChI=1S/C14H15NO4/c1-3-9-6-10(4-5-12(9)18-2)13-7-11(15-19-13)8-14(16)17/h4-7H,3,8H2,1-2H3,(H,16,17). The monoisotopic (exact) mass is 261 g/mol. The Morgan fingerprint density at radius 2 is 2.21 bits per heavy atom. The molecule has 0 aliphatic rings. The van der Waals surface area contributed by atoms with Crippen LogP contribution < -0.4 is 4.74 Å². The highest BCUT2D eigenvalue weighted by Crippen LogP contribution is 2.27. The van der Waals surface area contributed by atoms with E-state index in [0.29, 0.717) is 11.5 Å². The van der Waals surface area contributed by atoms with Gasteiger partial charge in [0, 0.05) is 11.6 Å². The smallest absolute Gasteiger partial charge is 0.309 e. The van der Waals surface area contributed by atoms with Crippen molar-refractivity contribution in [2.24, 2.45) is 0 Å². The van der Waals surface area contributed by atoms with Crippen molar-refractivity contribution in [2.75, 3.05) is 7.11 Å². The lowest BCUT2D eigenvalue weighted by molar-refractivity contribution is -0.136. The van der Waals surface area contributed by atoms with Gasteiger partial charge in [-0.2, -0.15) is 0 Å². The first-order chi connectivity index (χ1) is 9.13. The highest BCUT2D eigenvalue weighted by Gasteiger charge is 2.11. The van der Waals surface area contributed by atoms with Gasteiger partial charge < -0.3 is 14.4 Å². The minimum Gasteiger partial charge on any atom is -0.496 e. The van der Waals surface area contributed by atoms with Crippen molar-refractivity contribution in [1.82, 2.24) is 5.16 Å². The number of carbonyl (C=O) groups is 1. The third-order valence-electron chi connectivity index (χ3n) is 2.84. The van der Waals surface area contributed by atoms with Crippen LogP contribution >= 0.6 is 0 Å². The molecule has 5 nitrogen and oxygen atoms in total. The number of nitrogens with zero attached hydrogens (tertiary/aromatic N) is 1. The van der Waals surface area contributed by atoms with Crippen LogP contribution in [0.1, 0.15) is 18.2 Å². The molecule has 0 saturated carbocycles. The molecule has 0 radical (unpaired) electrons. The fourth-order valence-electron chi connectivity index (χ4n) is 1.89. The van der Waals surface area contributed by atoms with Gasteiger partial charge in [0.2, 0.25) is 0 Å². The summed E-state index contributed by atoms with van der Waals surface area (Å²) in [5.41, 5.74) is 2.34. The Morgan fingerprint density at radius 1 is 1.42 bits per heavy atom. The first-order valence-corrected chi connectivity index (χ1v) is 5.98. The average molecular weight is 261 g/mol. The molecule has 0 atom stereocenters. The Labute approximate surface area is 110 Å². The highest BCUT2D eigenvalue weighted by atomic mass is 16.5. The minimum absolute atomic E-state index is 0.139. The molecule has 19 heavy (non-hydrogen) atoms. The van der Waals surface area contributed by atoms with Gasteiger partial charge in [-0.25, -0.2) is 0 Å². The van der Waals surface area contributed by atoms with Crippen molar-refractivity contribution in [1.29, 1.82) is 0 Å². The summed E-state index contributed by atoms with van der Waals surface area (Å²) in [5, 5.41) is 12.4. The molecule has 1 N–H and O–H groups in total. The Morgan fingerprint density at radius 3 is 2.84 bits per heavy atom. The van der Waals surface area contributed by atoms with Gasteiger partial charge in [0.25, 0.3) is 0 Å². The zero-order valence-electron chi connectivity index (χ0n) is 10.8. The molecule has 2 aromatic rings. The van der Waals surface area contributed by atoms with Crippen LogP contribution in [0.4, 0.5) is 0 Å². The van der Waals surface area contributed by atoms with Crippen LogP contribution in [-0.2, 0) is 17.6 Å². The number of aryl methyl sites for hydroxylation is 1. The zero-order chi connectivity index (χ0) is 13.8. The molecule has 1 aromatic carbocycles. The molecular weight excluding hydrogens is 246 g/mol. The Kier molecular flexibility index (Phi) is 3.85. The second-order valence-electron chi connectivity index (χ2n) is 4.13. The summed E-state index contributed by atoms with van der Waals surface area (Å²) in [4.78, 5) is 10.6. The molecule has 5 heteroatoms. The zero-order valence-corrected chi connectivity index (χ0v) is 10.8. The second kappa shape index (κ2) is 5.56. The molecular formula is C14H15NO4. The molecule has 100 valence electrons. The van der Waals surface area contributed by atoms with Gasteiger partial charge in [-0.3, -0.25) is 4.79 Å². The number of hydrogen-bond acceptors (Lipinski definition) is 4. The highest BCUT2D eigenvalue weighted by molar-refractivity contribution is 5.70. The molecule has 0 unspecified atom stereocenters. The third-order valence-corrected chi connectivity index (χ3v) is 2.84.